The van der Waals surface area contributed by atoms with Crippen molar-refractivity contribution in [2.24, 2.45) is 0 Å². The Bertz CT molecular complexity index is 1790. The summed E-state index contributed by atoms with van der Waals surface area (Å²) in [6.45, 7) is 1.95. The largest absolute Gasteiger partial charge is 0.477 e. The number of ether oxygens (including phenoxy) is 2. The van der Waals surface area contributed by atoms with E-state index in [-0.39, 0.29) is 52.8 Å². The van der Waals surface area contributed by atoms with Crippen molar-refractivity contribution in [2.75, 3.05) is 50.5 Å². The van der Waals surface area contributed by atoms with Gasteiger partial charge >= 0.3 is 12.2 Å². The first-order valence-corrected chi connectivity index (χ1v) is 16.9. The van der Waals surface area contributed by atoms with Gasteiger partial charge in [0.15, 0.2) is 5.82 Å². The molecule has 15 heteroatoms. The Kier molecular flexibility index (Phi) is 7.43. The number of hydrogen-bond acceptors (Lipinski definition) is 9. The predicted octanol–water partition coefficient (Wildman–Crippen LogP) is 6.30. The van der Waals surface area contributed by atoms with Crippen molar-refractivity contribution >= 4 is 34.0 Å². The van der Waals surface area contributed by atoms with Crippen molar-refractivity contribution in [3.8, 4) is 23.1 Å². The molecule has 2 aliphatic carbocycles. The number of anilines is 2. The molecule has 1 spiro atoms. The Morgan fingerprint density at radius 1 is 1.10 bits per heavy atom. The third kappa shape index (κ3) is 5.12. The van der Waals surface area contributed by atoms with Crippen LogP contribution in [0.2, 0.25) is 5.02 Å². The lowest BCUT2D eigenvalue weighted by molar-refractivity contribution is -0.137. The van der Waals surface area contributed by atoms with Crippen molar-refractivity contribution in [2.45, 2.75) is 86.8 Å². The molecule has 0 unspecified atom stereocenters. The monoisotopic (exact) mass is 693 g/mol. The predicted molar refractivity (Wildman–Crippen MR) is 171 cm³/mol. The van der Waals surface area contributed by atoms with Gasteiger partial charge in [0.25, 0.3) is 0 Å². The van der Waals surface area contributed by atoms with E-state index in [2.05, 4.69) is 25.1 Å². The summed E-state index contributed by atoms with van der Waals surface area (Å²) in [5, 5.41) is 2.93. The van der Waals surface area contributed by atoms with Crippen molar-refractivity contribution < 1.29 is 31.4 Å². The summed E-state index contributed by atoms with van der Waals surface area (Å²) in [5.41, 5.74) is 1.98. The van der Waals surface area contributed by atoms with Gasteiger partial charge in [-0.2, -0.15) is 23.1 Å². The Morgan fingerprint density at radius 2 is 1.90 bits per heavy atom. The number of nitrogens with two attached hydrogens (primary N) is 1. The van der Waals surface area contributed by atoms with Crippen LogP contribution in [0.3, 0.4) is 0 Å². The standard InChI is InChI=1S/C33H37ClF5N7O2/c1-41-30(7-8-30)16-46-27-22-26(43-29(44-27)48-17-32-6-3-10-45(32)15-18(35)14-32)24(36)25(42-28(22)47-11-9-31(46)4-2-5-31)20-12-19(40)13-21(34)23(20)33(37,38)39/h12-13,18,41H,2-11,14-17,40H2,1H3/t18-,32+/m1/s1. The van der Waals surface area contributed by atoms with Crippen LogP contribution in [0.15, 0.2) is 12.1 Å². The van der Waals surface area contributed by atoms with Crippen LogP contribution in [-0.4, -0.2) is 82.5 Å². The number of pyridine rings is 1. The van der Waals surface area contributed by atoms with E-state index >= 15 is 4.39 Å². The van der Waals surface area contributed by atoms with Crippen LogP contribution in [0.1, 0.15) is 63.4 Å². The Balaban J connectivity index is 1.34. The fraction of sp³-hybridized carbons (Fsp3) is 0.606. The first kappa shape index (κ1) is 32.0. The molecule has 3 aromatic rings. The molecule has 5 aliphatic rings. The molecule has 9 nitrogen and oxygen atoms in total. The number of nitrogens with one attached hydrogen (secondary N) is 1. The SMILES string of the molecule is CNC1(CN2c3nc(OC[C@@]45CCCN4C[C@H](F)C5)nc4c(F)c(-c5cc(N)cc(Cl)c5C(F)(F)F)nc(c34)OCCC23CCC3)CC1. The number of aromatic nitrogens is 3. The number of likely N-dealkylation sites (N-methyl/N-ethyl adjacent to an activating group) is 1. The van der Waals surface area contributed by atoms with Gasteiger partial charge in [0.1, 0.15) is 35.2 Å². The second-order valence-electron chi connectivity index (χ2n) is 14.2. The second-order valence-corrected chi connectivity index (χ2v) is 14.6. The van der Waals surface area contributed by atoms with Crippen LogP contribution in [0.5, 0.6) is 11.9 Å². The van der Waals surface area contributed by atoms with E-state index in [9.17, 15) is 17.6 Å². The van der Waals surface area contributed by atoms with E-state index < -0.39 is 45.5 Å². The van der Waals surface area contributed by atoms with E-state index in [4.69, 9.17) is 31.8 Å². The average molecular weight is 694 g/mol. The zero-order valence-corrected chi connectivity index (χ0v) is 27.3. The van der Waals surface area contributed by atoms with Crippen LogP contribution in [0.25, 0.3) is 22.2 Å². The molecule has 1 aromatic carbocycles. The molecule has 0 bridgehead atoms. The fourth-order valence-corrected chi connectivity index (χ4v) is 8.72. The quantitative estimate of drug-likeness (QED) is 0.218. The minimum Gasteiger partial charge on any atom is -0.477 e. The summed E-state index contributed by atoms with van der Waals surface area (Å²) in [6.07, 6.45) is 1.26. The van der Waals surface area contributed by atoms with Gasteiger partial charge in [-0.05, 0) is 70.7 Å². The minimum atomic E-state index is -4.94. The van der Waals surface area contributed by atoms with Gasteiger partial charge in [0.05, 0.1) is 22.7 Å². The molecule has 2 saturated heterocycles. The molecule has 48 heavy (non-hydrogen) atoms. The van der Waals surface area contributed by atoms with Crippen LogP contribution < -0.4 is 25.4 Å². The van der Waals surface area contributed by atoms with Crippen LogP contribution in [0.4, 0.5) is 33.5 Å². The molecule has 258 valence electrons. The Labute approximate surface area is 279 Å². The first-order chi connectivity index (χ1) is 22.9. The van der Waals surface area contributed by atoms with E-state index in [0.717, 1.165) is 63.6 Å². The summed E-state index contributed by atoms with van der Waals surface area (Å²) in [7, 11) is 1.92. The number of nitrogen functional groups attached to an aromatic ring is 1. The molecule has 0 amide bonds. The number of benzene rings is 1. The minimum absolute atomic E-state index is 0.0836. The highest BCUT2D eigenvalue weighted by Crippen LogP contribution is 2.52. The summed E-state index contributed by atoms with van der Waals surface area (Å²) in [5.74, 6) is -0.831. The Morgan fingerprint density at radius 3 is 2.58 bits per heavy atom. The maximum absolute atomic E-state index is 17.0. The van der Waals surface area contributed by atoms with Gasteiger partial charge in [0, 0.05) is 48.3 Å². The lowest BCUT2D eigenvalue weighted by Crippen LogP contribution is -2.59. The van der Waals surface area contributed by atoms with Gasteiger partial charge in [-0.25, -0.2) is 13.8 Å². The molecule has 4 fully saturated rings. The van der Waals surface area contributed by atoms with Crippen molar-refractivity contribution in [1.82, 2.24) is 25.2 Å². The number of halogens is 6. The molecule has 0 radical (unpaired) electrons. The van der Waals surface area contributed by atoms with Gasteiger partial charge in [-0.15, -0.1) is 0 Å². The van der Waals surface area contributed by atoms with E-state index in [1.54, 1.807) is 0 Å². The molecule has 3 N–H and O–H groups in total. The van der Waals surface area contributed by atoms with Crippen molar-refractivity contribution in [3.05, 3.63) is 28.5 Å². The van der Waals surface area contributed by atoms with E-state index in [0.29, 0.717) is 31.7 Å². The summed E-state index contributed by atoms with van der Waals surface area (Å²) in [6, 6.07) is 1.83. The lowest BCUT2D eigenvalue weighted by atomic mass is 9.72. The van der Waals surface area contributed by atoms with Crippen molar-refractivity contribution in [3.63, 3.8) is 0 Å². The number of nitrogens with zero attached hydrogens (tertiary/aromatic N) is 5. The molecule has 8 rings (SSSR count). The fourth-order valence-electron chi connectivity index (χ4n) is 8.38. The van der Waals surface area contributed by atoms with Crippen LogP contribution >= 0.6 is 11.6 Å². The average Bonchev–Trinajstić information content (AvgIpc) is 3.57. The number of hydrogen-bond donors (Lipinski definition) is 2. The third-order valence-electron chi connectivity index (χ3n) is 11.4. The van der Waals surface area contributed by atoms with Gasteiger partial charge < -0.3 is 25.4 Å². The maximum Gasteiger partial charge on any atom is 0.418 e. The molecular formula is C33H37ClF5N7O2. The molecule has 3 aliphatic heterocycles. The first-order valence-electron chi connectivity index (χ1n) is 16.6. The summed E-state index contributed by atoms with van der Waals surface area (Å²) in [4.78, 5) is 18.1. The Hall–Kier alpha value is -3.23. The normalized spacial score (nSPS) is 25.8. The molecule has 2 saturated carbocycles. The van der Waals surface area contributed by atoms with Gasteiger partial charge in [-0.1, -0.05) is 11.6 Å². The maximum atomic E-state index is 17.0. The topological polar surface area (TPSA) is 102 Å². The van der Waals surface area contributed by atoms with Crippen molar-refractivity contribution in [1.29, 1.82) is 0 Å². The van der Waals surface area contributed by atoms with E-state index in [1.807, 2.05) is 7.05 Å². The van der Waals surface area contributed by atoms with Crippen LogP contribution in [-0.2, 0) is 6.18 Å². The van der Waals surface area contributed by atoms with Gasteiger partial charge in [-0.3, -0.25) is 4.90 Å². The van der Waals surface area contributed by atoms with Crippen LogP contribution in [0, 0.1) is 5.82 Å². The molecule has 2 atom stereocenters. The highest BCUT2D eigenvalue weighted by Gasteiger charge is 2.52. The lowest BCUT2D eigenvalue weighted by Gasteiger charge is -2.53. The zero-order valence-electron chi connectivity index (χ0n) is 26.5. The summed E-state index contributed by atoms with van der Waals surface area (Å²) < 4.78 is 87.1. The molecule has 5 heterocycles. The molecular weight excluding hydrogens is 657 g/mol. The second kappa shape index (κ2) is 11.1. The smallest absolute Gasteiger partial charge is 0.418 e. The zero-order chi connectivity index (χ0) is 33.6. The third-order valence-corrected chi connectivity index (χ3v) is 11.7. The highest BCUT2D eigenvalue weighted by atomic mass is 35.5. The number of alkyl halides is 4. The number of rotatable bonds is 7. The summed E-state index contributed by atoms with van der Waals surface area (Å²) >= 11 is 6.06. The molecule has 2 aromatic heterocycles. The van der Waals surface area contributed by atoms with E-state index in [1.165, 1.54) is 0 Å². The number of fused-ring (bicyclic) bond motifs is 1. The van der Waals surface area contributed by atoms with Gasteiger partial charge in [0.2, 0.25) is 5.88 Å². The highest BCUT2D eigenvalue weighted by molar-refractivity contribution is 6.32.